The van der Waals surface area contributed by atoms with Crippen molar-refractivity contribution in [1.82, 2.24) is 19.9 Å². The third-order valence-corrected chi connectivity index (χ3v) is 20.6. The number of aryl methyl sites for hydroxylation is 2. The Kier molecular flexibility index (Phi) is 17.5. The summed E-state index contributed by atoms with van der Waals surface area (Å²) < 4.78 is 13.4. The Morgan fingerprint density at radius 2 is 1.00 bits per heavy atom. The third kappa shape index (κ3) is 11.5. The average Bonchev–Trinajstić information content (AvgIpc) is 4.16. The molecule has 0 radical (unpaired) electrons. The molecular formula is C61H78N4O2Si. The van der Waals surface area contributed by atoms with Crippen molar-refractivity contribution < 1.29 is 9.47 Å². The van der Waals surface area contributed by atoms with Crippen LogP contribution in [0.5, 0.6) is 11.5 Å². The molecular weight excluding hydrogens is 849 g/mol. The minimum Gasteiger partial charge on any atom is -0.493 e. The largest absolute Gasteiger partial charge is 0.493 e. The first-order valence-corrected chi connectivity index (χ1v) is 28.3. The van der Waals surface area contributed by atoms with Gasteiger partial charge in [0.1, 0.15) is 19.6 Å². The van der Waals surface area contributed by atoms with E-state index in [1.807, 2.05) is 0 Å². The second kappa shape index (κ2) is 23.6. The molecule has 2 aliphatic heterocycles. The van der Waals surface area contributed by atoms with E-state index in [1.54, 1.807) is 0 Å². The van der Waals surface area contributed by atoms with Crippen molar-refractivity contribution in [3.05, 3.63) is 106 Å². The maximum Gasteiger partial charge on any atom is 0.146 e. The molecule has 358 valence electrons. The standard InChI is InChI=1S/C61H78N4O2Si/c1-11-13-15-17-19-21-38-66-56-27-23-25-45(9)58(56)60-52-31-29-47(62-52)41-48-30-32-53(63-48)61(59-46(10)26-24-28-57(59)67-39-22-20-18-16-14-12-2)55-36-34-51(65-55)49(50-33-35-54(60)64-50)37-40-68(42(3)4,43(5)6)44(7)8/h23-36,41-44,62,65H,11-22,38-39H2,1-10H3. The normalized spacial score (nSPS) is 12.4. The molecule has 2 aromatic carbocycles. The first kappa shape index (κ1) is 50.3. The summed E-state index contributed by atoms with van der Waals surface area (Å²) in [5.41, 5.74) is 20.1. The molecule has 3 aromatic heterocycles. The highest BCUT2D eigenvalue weighted by Crippen LogP contribution is 2.43. The maximum absolute atomic E-state index is 6.71. The van der Waals surface area contributed by atoms with Gasteiger partial charge in [-0.1, -0.05) is 150 Å². The van der Waals surface area contributed by atoms with Gasteiger partial charge in [-0.25, -0.2) is 9.97 Å². The Labute approximate surface area is 409 Å². The number of ether oxygens (including phenoxy) is 2. The summed E-state index contributed by atoms with van der Waals surface area (Å²) in [5, 5.41) is 0. The molecule has 6 nitrogen and oxygen atoms in total. The van der Waals surface area contributed by atoms with Crippen LogP contribution in [0.15, 0.2) is 66.7 Å². The fourth-order valence-corrected chi connectivity index (χ4v) is 15.9. The van der Waals surface area contributed by atoms with Crippen LogP contribution in [0.1, 0.15) is 172 Å². The van der Waals surface area contributed by atoms with Crippen molar-refractivity contribution >= 4 is 54.4 Å². The zero-order valence-corrected chi connectivity index (χ0v) is 44.0. The van der Waals surface area contributed by atoms with Crippen molar-refractivity contribution in [2.45, 2.75) is 163 Å². The number of hydrogen-bond donors (Lipinski definition) is 2. The second-order valence-corrected chi connectivity index (χ2v) is 25.7. The lowest BCUT2D eigenvalue weighted by molar-refractivity contribution is 0.305. The van der Waals surface area contributed by atoms with E-state index < -0.39 is 8.07 Å². The van der Waals surface area contributed by atoms with Gasteiger partial charge < -0.3 is 19.4 Å². The number of unbranched alkanes of at least 4 members (excludes halogenated alkanes) is 10. The number of fused-ring (bicyclic) bond motifs is 8. The number of hydrogen-bond acceptors (Lipinski definition) is 4. The molecule has 0 saturated carbocycles. The quantitative estimate of drug-likeness (QED) is 0.0428. The van der Waals surface area contributed by atoms with Gasteiger partial charge in [-0.15, -0.1) is 5.54 Å². The van der Waals surface area contributed by atoms with Crippen molar-refractivity contribution in [1.29, 1.82) is 0 Å². The molecule has 0 spiro atoms. The third-order valence-electron chi connectivity index (χ3n) is 14.3. The van der Waals surface area contributed by atoms with Crippen molar-refractivity contribution in [2.24, 2.45) is 0 Å². The number of nitrogens with zero attached hydrogens (tertiary/aromatic N) is 2. The molecule has 68 heavy (non-hydrogen) atoms. The summed E-state index contributed by atoms with van der Waals surface area (Å²) in [7, 11) is -2.15. The van der Waals surface area contributed by atoms with Gasteiger partial charge in [0.05, 0.1) is 47.1 Å². The van der Waals surface area contributed by atoms with Gasteiger partial charge in [0.2, 0.25) is 0 Å². The SMILES string of the molecule is CCCCCCCCOc1cccc(C)c1-c1c2nc(c(C#C[Si](C(C)C)(C(C)C)C(C)C)c3ccc([nH]3)c(-c3c(C)cccc3OCCCCCCCC)c3nc(cc4ccc1[nH]4)C=C3)C=C2. The van der Waals surface area contributed by atoms with Crippen LogP contribution >= 0.6 is 0 Å². The Bertz CT molecular complexity index is 2720. The lowest BCUT2D eigenvalue weighted by atomic mass is 9.97. The summed E-state index contributed by atoms with van der Waals surface area (Å²) >= 11 is 0. The van der Waals surface area contributed by atoms with Crippen LogP contribution in [-0.4, -0.2) is 41.2 Å². The first-order valence-electron chi connectivity index (χ1n) is 26.1. The zero-order valence-electron chi connectivity index (χ0n) is 43.0. The lowest BCUT2D eigenvalue weighted by Crippen LogP contribution is -2.43. The maximum atomic E-state index is 6.71. The van der Waals surface area contributed by atoms with E-state index in [0.717, 1.165) is 108 Å². The van der Waals surface area contributed by atoms with Crippen LogP contribution in [0.3, 0.4) is 0 Å². The smallest absolute Gasteiger partial charge is 0.146 e. The van der Waals surface area contributed by atoms with Gasteiger partial charge >= 0.3 is 0 Å². The molecule has 7 heteroatoms. The molecule has 0 fully saturated rings. The van der Waals surface area contributed by atoms with Gasteiger partial charge in [0, 0.05) is 38.8 Å². The average molecular weight is 927 g/mol. The van der Waals surface area contributed by atoms with Crippen LogP contribution in [0, 0.1) is 25.3 Å². The zero-order chi connectivity index (χ0) is 48.2. The molecule has 0 unspecified atom stereocenters. The van der Waals surface area contributed by atoms with E-state index in [-0.39, 0.29) is 0 Å². The predicted molar refractivity (Wildman–Crippen MR) is 295 cm³/mol. The Morgan fingerprint density at radius 1 is 0.515 bits per heavy atom. The van der Waals surface area contributed by atoms with Crippen molar-refractivity contribution in [3.63, 3.8) is 0 Å². The van der Waals surface area contributed by atoms with Gasteiger partial charge in [-0.2, -0.15) is 0 Å². The van der Waals surface area contributed by atoms with E-state index in [2.05, 4.69) is 182 Å². The monoisotopic (exact) mass is 927 g/mol. The molecule has 5 heterocycles. The number of H-pyrrole nitrogens is 2. The van der Waals surface area contributed by atoms with Gasteiger partial charge in [0.15, 0.2) is 0 Å². The molecule has 0 amide bonds. The predicted octanol–water partition coefficient (Wildman–Crippen LogP) is 17.7. The molecule has 5 aromatic rings. The van der Waals surface area contributed by atoms with Gasteiger partial charge in [-0.3, -0.25) is 0 Å². The molecule has 0 saturated heterocycles. The van der Waals surface area contributed by atoms with Crippen LogP contribution in [0.4, 0.5) is 0 Å². The highest BCUT2D eigenvalue weighted by Gasteiger charge is 2.41. The first-order chi connectivity index (χ1) is 33.0. The van der Waals surface area contributed by atoms with Gasteiger partial charge in [-0.05, 0) is 121 Å². The molecule has 8 bridgehead atoms. The highest BCUT2D eigenvalue weighted by atomic mass is 28.3. The van der Waals surface area contributed by atoms with E-state index in [1.165, 1.54) is 64.2 Å². The molecule has 0 aliphatic carbocycles. The summed E-state index contributed by atoms with van der Waals surface area (Å²) in [5.74, 6) is 5.66. The van der Waals surface area contributed by atoms with E-state index >= 15 is 0 Å². The van der Waals surface area contributed by atoms with E-state index in [9.17, 15) is 0 Å². The van der Waals surface area contributed by atoms with Crippen molar-refractivity contribution in [2.75, 3.05) is 13.2 Å². The van der Waals surface area contributed by atoms with Crippen LogP contribution in [0.25, 0.3) is 68.6 Å². The Morgan fingerprint density at radius 3 is 1.57 bits per heavy atom. The van der Waals surface area contributed by atoms with Crippen LogP contribution in [-0.2, 0) is 0 Å². The summed E-state index contributed by atoms with van der Waals surface area (Å²) in [4.78, 5) is 18.7. The van der Waals surface area contributed by atoms with E-state index in [0.29, 0.717) is 29.8 Å². The minimum absolute atomic E-state index is 0.479. The number of rotatable bonds is 21. The Hall–Kier alpha value is -5.58. The minimum atomic E-state index is -2.15. The van der Waals surface area contributed by atoms with Crippen molar-refractivity contribution in [3.8, 4) is 45.2 Å². The number of aromatic nitrogens is 4. The fourth-order valence-electron chi connectivity index (χ4n) is 10.7. The van der Waals surface area contributed by atoms with Crippen LogP contribution in [0.2, 0.25) is 16.6 Å². The molecule has 0 atom stereocenters. The van der Waals surface area contributed by atoms with E-state index in [4.69, 9.17) is 19.4 Å². The summed E-state index contributed by atoms with van der Waals surface area (Å²) in [6.45, 7) is 24.5. The van der Waals surface area contributed by atoms with Gasteiger partial charge in [0.25, 0.3) is 0 Å². The molecule has 2 N–H and O–H groups in total. The number of aromatic amines is 2. The second-order valence-electron chi connectivity index (χ2n) is 20.1. The topological polar surface area (TPSA) is 75.8 Å². The van der Waals surface area contributed by atoms with Crippen LogP contribution < -0.4 is 9.47 Å². The summed E-state index contributed by atoms with van der Waals surface area (Å²) in [6, 6.07) is 23.6. The Balaban J connectivity index is 1.49. The fraction of sp³-hybridized carbons (Fsp3) is 0.443. The summed E-state index contributed by atoms with van der Waals surface area (Å²) in [6.07, 6.45) is 23.2. The molecule has 2 aliphatic rings. The highest BCUT2D eigenvalue weighted by molar-refractivity contribution is 6.90. The lowest BCUT2D eigenvalue weighted by Gasteiger charge is -2.38. The number of benzene rings is 2. The molecule has 7 rings (SSSR count). The number of nitrogens with one attached hydrogen (secondary N) is 2.